The number of carbonyl (C=O) groups excluding carboxylic acids is 1. The SMILES string of the molecule is Cc1ccc2c(C)c(C(=O)N[C@@H]3CC[C@@H](O)[C@@H]3O)oc2c1. The van der Waals surface area contributed by atoms with Gasteiger partial charge in [0.25, 0.3) is 5.91 Å². The average Bonchev–Trinajstić information content (AvgIpc) is 2.93. The van der Waals surface area contributed by atoms with Crippen LogP contribution in [0.25, 0.3) is 11.0 Å². The summed E-state index contributed by atoms with van der Waals surface area (Å²) in [5.41, 5.74) is 2.54. The first kappa shape index (κ1) is 14.1. The fourth-order valence-corrected chi connectivity index (χ4v) is 2.90. The van der Waals surface area contributed by atoms with Crippen molar-refractivity contribution in [3.05, 3.63) is 35.1 Å². The van der Waals surface area contributed by atoms with Crippen molar-refractivity contribution >= 4 is 16.9 Å². The molecule has 1 heterocycles. The Morgan fingerprint density at radius 2 is 2.05 bits per heavy atom. The summed E-state index contributed by atoms with van der Waals surface area (Å²) in [6.45, 7) is 3.81. The molecule has 1 fully saturated rings. The molecular weight excluding hydrogens is 270 g/mol. The number of nitrogens with one attached hydrogen (secondary N) is 1. The maximum atomic E-state index is 12.3. The summed E-state index contributed by atoms with van der Waals surface area (Å²) in [5, 5.41) is 23.0. The molecule has 0 radical (unpaired) electrons. The van der Waals surface area contributed by atoms with Crippen molar-refractivity contribution in [2.75, 3.05) is 0 Å². The first-order valence-corrected chi connectivity index (χ1v) is 7.14. The van der Waals surface area contributed by atoms with E-state index in [1.165, 1.54) is 0 Å². The van der Waals surface area contributed by atoms with Gasteiger partial charge in [0.05, 0.1) is 12.1 Å². The van der Waals surface area contributed by atoms with Gasteiger partial charge in [0.2, 0.25) is 0 Å². The van der Waals surface area contributed by atoms with E-state index in [0.717, 1.165) is 16.5 Å². The van der Waals surface area contributed by atoms with Crippen LogP contribution in [0.4, 0.5) is 0 Å². The topological polar surface area (TPSA) is 82.7 Å². The van der Waals surface area contributed by atoms with Gasteiger partial charge in [-0.25, -0.2) is 0 Å². The number of rotatable bonds is 2. The molecule has 0 unspecified atom stereocenters. The Balaban J connectivity index is 1.86. The molecule has 3 atom stereocenters. The highest BCUT2D eigenvalue weighted by Gasteiger charge is 2.35. The summed E-state index contributed by atoms with van der Waals surface area (Å²) < 4.78 is 5.66. The van der Waals surface area contributed by atoms with Crippen LogP contribution in [0.1, 0.15) is 34.5 Å². The molecule has 3 N–H and O–H groups in total. The molecule has 0 aliphatic heterocycles. The quantitative estimate of drug-likeness (QED) is 0.785. The van der Waals surface area contributed by atoms with E-state index in [1.807, 2.05) is 32.0 Å². The van der Waals surface area contributed by atoms with Crippen molar-refractivity contribution in [2.45, 2.75) is 44.9 Å². The van der Waals surface area contributed by atoms with E-state index in [0.29, 0.717) is 18.4 Å². The van der Waals surface area contributed by atoms with Gasteiger partial charge in [-0.15, -0.1) is 0 Å². The smallest absolute Gasteiger partial charge is 0.287 e. The zero-order chi connectivity index (χ0) is 15.1. The number of fused-ring (bicyclic) bond motifs is 1. The van der Waals surface area contributed by atoms with Gasteiger partial charge in [0.1, 0.15) is 11.7 Å². The molecule has 3 rings (SSSR count). The van der Waals surface area contributed by atoms with E-state index in [4.69, 9.17) is 4.42 Å². The third-order valence-corrected chi connectivity index (χ3v) is 4.20. The van der Waals surface area contributed by atoms with E-state index < -0.39 is 18.2 Å². The average molecular weight is 289 g/mol. The summed E-state index contributed by atoms with van der Waals surface area (Å²) >= 11 is 0. The van der Waals surface area contributed by atoms with Crippen LogP contribution in [-0.4, -0.2) is 34.4 Å². The van der Waals surface area contributed by atoms with Crippen LogP contribution in [0.3, 0.4) is 0 Å². The molecule has 5 nitrogen and oxygen atoms in total. The molecule has 0 spiro atoms. The van der Waals surface area contributed by atoms with Crippen LogP contribution in [0.15, 0.2) is 22.6 Å². The Kier molecular flexibility index (Phi) is 3.47. The minimum atomic E-state index is -0.916. The third-order valence-electron chi connectivity index (χ3n) is 4.20. The second-order valence-electron chi connectivity index (χ2n) is 5.77. The van der Waals surface area contributed by atoms with E-state index in [1.54, 1.807) is 0 Å². The largest absolute Gasteiger partial charge is 0.451 e. The van der Waals surface area contributed by atoms with Crippen LogP contribution in [0.5, 0.6) is 0 Å². The number of hydrogen-bond donors (Lipinski definition) is 3. The Labute approximate surface area is 122 Å². The molecule has 1 aliphatic carbocycles. The maximum Gasteiger partial charge on any atom is 0.287 e. The lowest BCUT2D eigenvalue weighted by atomic mass is 10.1. The van der Waals surface area contributed by atoms with Gasteiger partial charge >= 0.3 is 0 Å². The molecule has 1 aromatic heterocycles. The van der Waals surface area contributed by atoms with Crippen LogP contribution in [0.2, 0.25) is 0 Å². The Morgan fingerprint density at radius 1 is 1.29 bits per heavy atom. The zero-order valence-electron chi connectivity index (χ0n) is 12.1. The Bertz CT molecular complexity index is 691. The first-order valence-electron chi connectivity index (χ1n) is 7.14. The molecule has 112 valence electrons. The highest BCUT2D eigenvalue weighted by atomic mass is 16.3. The normalized spacial score (nSPS) is 25.4. The van der Waals surface area contributed by atoms with Crippen LogP contribution < -0.4 is 5.32 Å². The van der Waals surface area contributed by atoms with Crippen LogP contribution in [-0.2, 0) is 0 Å². The number of aryl methyl sites for hydroxylation is 2. The fourth-order valence-electron chi connectivity index (χ4n) is 2.90. The van der Waals surface area contributed by atoms with Gasteiger partial charge in [0, 0.05) is 10.9 Å². The standard InChI is InChI=1S/C16H19NO4/c1-8-3-4-10-9(2)15(21-13(10)7-8)16(20)17-11-5-6-12(18)14(11)19/h3-4,7,11-12,14,18-19H,5-6H2,1-2H3,(H,17,20)/t11-,12-,14-/m1/s1. The Hall–Kier alpha value is -1.85. The number of furan rings is 1. The lowest BCUT2D eigenvalue weighted by Gasteiger charge is -2.17. The molecule has 0 saturated heterocycles. The molecule has 21 heavy (non-hydrogen) atoms. The van der Waals surface area contributed by atoms with Crippen molar-refractivity contribution < 1.29 is 19.4 Å². The predicted molar refractivity (Wildman–Crippen MR) is 78.2 cm³/mol. The minimum Gasteiger partial charge on any atom is -0.451 e. The van der Waals surface area contributed by atoms with Gasteiger partial charge in [-0.3, -0.25) is 4.79 Å². The Morgan fingerprint density at radius 3 is 2.71 bits per heavy atom. The molecule has 1 aromatic carbocycles. The molecular formula is C16H19NO4. The summed E-state index contributed by atoms with van der Waals surface area (Å²) in [6.07, 6.45) is -0.632. The monoisotopic (exact) mass is 289 g/mol. The van der Waals surface area contributed by atoms with Gasteiger partial charge in [-0.2, -0.15) is 0 Å². The van der Waals surface area contributed by atoms with Crippen molar-refractivity contribution in [3.63, 3.8) is 0 Å². The lowest BCUT2D eigenvalue weighted by molar-refractivity contribution is 0.0294. The highest BCUT2D eigenvalue weighted by Crippen LogP contribution is 2.27. The number of amides is 1. The molecule has 2 aromatic rings. The number of carbonyl (C=O) groups is 1. The second-order valence-corrected chi connectivity index (χ2v) is 5.77. The molecule has 1 saturated carbocycles. The lowest BCUT2D eigenvalue weighted by Crippen LogP contribution is -2.43. The van der Waals surface area contributed by atoms with Crippen molar-refractivity contribution in [1.29, 1.82) is 0 Å². The summed E-state index contributed by atoms with van der Waals surface area (Å²) in [6, 6.07) is 5.38. The number of hydrogen-bond acceptors (Lipinski definition) is 4. The third kappa shape index (κ3) is 2.43. The minimum absolute atomic E-state index is 0.268. The summed E-state index contributed by atoms with van der Waals surface area (Å²) in [7, 11) is 0. The molecule has 0 bridgehead atoms. The molecule has 1 aliphatic rings. The predicted octanol–water partition coefficient (Wildman–Crippen LogP) is 1.66. The highest BCUT2D eigenvalue weighted by molar-refractivity contribution is 5.99. The number of benzene rings is 1. The van der Waals surface area contributed by atoms with Crippen LogP contribution in [0, 0.1) is 13.8 Å². The van der Waals surface area contributed by atoms with Gasteiger partial charge in [-0.05, 0) is 38.3 Å². The summed E-state index contributed by atoms with van der Waals surface area (Å²) in [4.78, 5) is 12.3. The van der Waals surface area contributed by atoms with E-state index in [9.17, 15) is 15.0 Å². The maximum absolute atomic E-state index is 12.3. The number of aliphatic hydroxyl groups is 2. The zero-order valence-corrected chi connectivity index (χ0v) is 12.1. The summed E-state index contributed by atoms with van der Waals surface area (Å²) in [5.74, 6) is -0.0799. The second kappa shape index (κ2) is 5.16. The molecule has 1 amide bonds. The first-order chi connectivity index (χ1) is 9.97. The van der Waals surface area contributed by atoms with Crippen molar-refractivity contribution in [2.24, 2.45) is 0 Å². The molecule has 5 heteroatoms. The number of aliphatic hydroxyl groups excluding tert-OH is 2. The van der Waals surface area contributed by atoms with Gasteiger partial charge in [0.15, 0.2) is 5.76 Å². The van der Waals surface area contributed by atoms with Gasteiger partial charge < -0.3 is 19.9 Å². The van der Waals surface area contributed by atoms with Crippen molar-refractivity contribution in [3.8, 4) is 0 Å². The van der Waals surface area contributed by atoms with E-state index >= 15 is 0 Å². The fraction of sp³-hybridized carbons (Fsp3) is 0.438. The van der Waals surface area contributed by atoms with E-state index in [-0.39, 0.29) is 11.7 Å². The van der Waals surface area contributed by atoms with Gasteiger partial charge in [-0.1, -0.05) is 12.1 Å². The van der Waals surface area contributed by atoms with E-state index in [2.05, 4.69) is 5.32 Å². The van der Waals surface area contributed by atoms with Crippen molar-refractivity contribution in [1.82, 2.24) is 5.32 Å². The van der Waals surface area contributed by atoms with Crippen LogP contribution >= 0.6 is 0 Å².